The Morgan fingerprint density at radius 2 is 2.00 bits per heavy atom. The molecule has 1 unspecified atom stereocenters. The van der Waals surface area contributed by atoms with E-state index in [2.05, 4.69) is 29.1 Å². The highest BCUT2D eigenvalue weighted by molar-refractivity contribution is 4.76. The maximum Gasteiger partial charge on any atom is 0.0599 e. The Labute approximate surface area is 112 Å². The molecule has 0 aliphatic carbocycles. The first-order valence-electron chi connectivity index (χ1n) is 7.50. The number of piperazine rings is 1. The fourth-order valence-corrected chi connectivity index (χ4v) is 2.83. The van der Waals surface area contributed by atoms with Crippen LogP contribution in [-0.2, 0) is 4.74 Å². The Morgan fingerprint density at radius 1 is 1.22 bits per heavy atom. The predicted octanol–water partition coefficient (Wildman–Crippen LogP) is 0.781. The molecule has 2 saturated heterocycles. The third-order valence-electron chi connectivity index (χ3n) is 4.30. The maximum atomic E-state index is 5.94. The average molecular weight is 255 g/mol. The second-order valence-corrected chi connectivity index (χ2v) is 5.80. The van der Waals surface area contributed by atoms with Crippen molar-refractivity contribution in [3.63, 3.8) is 0 Å². The van der Waals surface area contributed by atoms with E-state index in [9.17, 15) is 0 Å². The SMILES string of the molecule is CC1CN(CCCOC2CCNCC2)CCN1C. The summed E-state index contributed by atoms with van der Waals surface area (Å²) in [7, 11) is 2.22. The second kappa shape index (κ2) is 7.43. The van der Waals surface area contributed by atoms with Crippen molar-refractivity contribution in [3.05, 3.63) is 0 Å². The predicted molar refractivity (Wildman–Crippen MR) is 75.0 cm³/mol. The Hall–Kier alpha value is -0.160. The standard InChI is InChI=1S/C14H29N3O/c1-13-12-17(10-9-16(13)2)8-3-11-18-14-4-6-15-7-5-14/h13-15H,3-12H2,1-2H3. The number of hydrogen-bond donors (Lipinski definition) is 1. The van der Waals surface area contributed by atoms with Crippen molar-refractivity contribution in [1.82, 2.24) is 15.1 Å². The summed E-state index contributed by atoms with van der Waals surface area (Å²) in [6, 6.07) is 0.698. The molecule has 1 atom stereocenters. The number of hydrogen-bond acceptors (Lipinski definition) is 4. The highest BCUT2D eigenvalue weighted by atomic mass is 16.5. The molecule has 4 heteroatoms. The molecule has 2 fully saturated rings. The minimum atomic E-state index is 0.512. The summed E-state index contributed by atoms with van der Waals surface area (Å²) in [6.07, 6.45) is 4.06. The Balaban J connectivity index is 1.52. The molecule has 106 valence electrons. The van der Waals surface area contributed by atoms with Crippen molar-refractivity contribution in [2.45, 2.75) is 38.3 Å². The fourth-order valence-electron chi connectivity index (χ4n) is 2.83. The van der Waals surface area contributed by atoms with Crippen LogP contribution in [0.15, 0.2) is 0 Å². The van der Waals surface area contributed by atoms with Gasteiger partial charge in [0.1, 0.15) is 0 Å². The molecule has 2 aliphatic heterocycles. The van der Waals surface area contributed by atoms with Gasteiger partial charge >= 0.3 is 0 Å². The van der Waals surface area contributed by atoms with E-state index in [-0.39, 0.29) is 0 Å². The van der Waals surface area contributed by atoms with Gasteiger partial charge in [-0.2, -0.15) is 0 Å². The van der Waals surface area contributed by atoms with E-state index >= 15 is 0 Å². The Morgan fingerprint density at radius 3 is 2.72 bits per heavy atom. The number of piperidine rings is 1. The molecule has 0 saturated carbocycles. The van der Waals surface area contributed by atoms with Crippen molar-refractivity contribution >= 4 is 0 Å². The van der Waals surface area contributed by atoms with Crippen LogP contribution in [0, 0.1) is 0 Å². The number of likely N-dealkylation sites (N-methyl/N-ethyl adjacent to an activating group) is 1. The van der Waals surface area contributed by atoms with Gasteiger partial charge in [0, 0.05) is 38.8 Å². The van der Waals surface area contributed by atoms with Crippen molar-refractivity contribution in [2.24, 2.45) is 0 Å². The topological polar surface area (TPSA) is 27.7 Å². The first-order chi connectivity index (χ1) is 8.75. The molecule has 0 aromatic rings. The summed E-state index contributed by atoms with van der Waals surface area (Å²) in [5.74, 6) is 0. The molecule has 18 heavy (non-hydrogen) atoms. The van der Waals surface area contributed by atoms with Crippen LogP contribution in [0.25, 0.3) is 0 Å². The molecule has 1 N–H and O–H groups in total. The number of nitrogens with one attached hydrogen (secondary N) is 1. The van der Waals surface area contributed by atoms with Gasteiger partial charge in [-0.3, -0.25) is 0 Å². The smallest absolute Gasteiger partial charge is 0.0599 e. The molecule has 0 spiro atoms. The zero-order valence-electron chi connectivity index (χ0n) is 12.0. The highest BCUT2D eigenvalue weighted by Crippen LogP contribution is 2.09. The summed E-state index contributed by atoms with van der Waals surface area (Å²) in [4.78, 5) is 5.03. The zero-order chi connectivity index (χ0) is 12.8. The van der Waals surface area contributed by atoms with Crippen LogP contribution in [0.5, 0.6) is 0 Å². The van der Waals surface area contributed by atoms with Crippen molar-refractivity contribution < 1.29 is 4.74 Å². The third-order valence-corrected chi connectivity index (χ3v) is 4.30. The van der Waals surface area contributed by atoms with E-state index in [1.54, 1.807) is 0 Å². The number of ether oxygens (including phenoxy) is 1. The van der Waals surface area contributed by atoms with Crippen LogP contribution in [-0.4, -0.2) is 74.9 Å². The normalized spacial score (nSPS) is 28.7. The van der Waals surface area contributed by atoms with E-state index in [1.165, 1.54) is 45.4 Å². The van der Waals surface area contributed by atoms with Crippen molar-refractivity contribution in [1.29, 1.82) is 0 Å². The van der Waals surface area contributed by atoms with Gasteiger partial charge in [0.05, 0.1) is 6.10 Å². The van der Waals surface area contributed by atoms with E-state index < -0.39 is 0 Å². The van der Waals surface area contributed by atoms with Gasteiger partial charge in [-0.1, -0.05) is 0 Å². The van der Waals surface area contributed by atoms with Crippen LogP contribution in [0.3, 0.4) is 0 Å². The summed E-state index contributed by atoms with van der Waals surface area (Å²) >= 11 is 0. The van der Waals surface area contributed by atoms with Crippen LogP contribution < -0.4 is 5.32 Å². The lowest BCUT2D eigenvalue weighted by atomic mass is 10.1. The summed E-state index contributed by atoms with van der Waals surface area (Å²) in [5.41, 5.74) is 0. The molecule has 0 bridgehead atoms. The van der Waals surface area contributed by atoms with Gasteiger partial charge in [-0.25, -0.2) is 0 Å². The lowest BCUT2D eigenvalue weighted by Gasteiger charge is -2.37. The Bertz CT molecular complexity index is 231. The van der Waals surface area contributed by atoms with E-state index in [4.69, 9.17) is 4.74 Å². The minimum absolute atomic E-state index is 0.512. The van der Waals surface area contributed by atoms with Gasteiger partial charge in [0.15, 0.2) is 0 Å². The van der Waals surface area contributed by atoms with Gasteiger partial charge in [-0.05, 0) is 46.3 Å². The quantitative estimate of drug-likeness (QED) is 0.735. The lowest BCUT2D eigenvalue weighted by Crippen LogP contribution is -2.50. The van der Waals surface area contributed by atoms with Crippen LogP contribution in [0.1, 0.15) is 26.2 Å². The largest absolute Gasteiger partial charge is 0.378 e. The van der Waals surface area contributed by atoms with Crippen molar-refractivity contribution in [2.75, 3.05) is 52.9 Å². The van der Waals surface area contributed by atoms with Crippen LogP contribution in [0.2, 0.25) is 0 Å². The molecule has 0 amide bonds. The molecular formula is C14H29N3O. The van der Waals surface area contributed by atoms with E-state index in [0.29, 0.717) is 12.1 Å². The first-order valence-corrected chi connectivity index (χ1v) is 7.50. The molecule has 0 radical (unpaired) electrons. The summed E-state index contributed by atoms with van der Waals surface area (Å²) in [5, 5.41) is 3.37. The molecule has 4 nitrogen and oxygen atoms in total. The van der Waals surface area contributed by atoms with Gasteiger partial charge < -0.3 is 19.9 Å². The van der Waals surface area contributed by atoms with Gasteiger partial charge in [-0.15, -0.1) is 0 Å². The van der Waals surface area contributed by atoms with Crippen LogP contribution >= 0.6 is 0 Å². The molecule has 0 aromatic carbocycles. The monoisotopic (exact) mass is 255 g/mol. The van der Waals surface area contributed by atoms with Crippen LogP contribution in [0.4, 0.5) is 0 Å². The summed E-state index contributed by atoms with van der Waals surface area (Å²) < 4.78 is 5.94. The molecule has 0 aromatic heterocycles. The van der Waals surface area contributed by atoms with Gasteiger partial charge in [0.25, 0.3) is 0 Å². The first kappa shape index (κ1) is 14.3. The third kappa shape index (κ3) is 4.50. The van der Waals surface area contributed by atoms with Crippen molar-refractivity contribution in [3.8, 4) is 0 Å². The van der Waals surface area contributed by atoms with E-state index in [1.807, 2.05) is 0 Å². The minimum Gasteiger partial charge on any atom is -0.378 e. The zero-order valence-corrected chi connectivity index (χ0v) is 12.0. The molecule has 2 rings (SSSR count). The number of nitrogens with zero attached hydrogens (tertiary/aromatic N) is 2. The highest BCUT2D eigenvalue weighted by Gasteiger charge is 2.20. The lowest BCUT2D eigenvalue weighted by molar-refractivity contribution is 0.0234. The number of rotatable bonds is 5. The van der Waals surface area contributed by atoms with E-state index in [0.717, 1.165) is 19.7 Å². The van der Waals surface area contributed by atoms with Gasteiger partial charge in [0.2, 0.25) is 0 Å². The average Bonchev–Trinajstić information content (AvgIpc) is 2.40. The molecular weight excluding hydrogens is 226 g/mol. The maximum absolute atomic E-state index is 5.94. The Kier molecular flexibility index (Phi) is 5.89. The second-order valence-electron chi connectivity index (χ2n) is 5.80. The molecule has 2 heterocycles. The fraction of sp³-hybridized carbons (Fsp3) is 1.00. The molecule has 2 aliphatic rings. The summed E-state index contributed by atoms with van der Waals surface area (Å²) in [6.45, 7) is 10.3.